The third-order valence-corrected chi connectivity index (χ3v) is 11.6. The Bertz CT molecular complexity index is 895. The van der Waals surface area contributed by atoms with Crippen molar-refractivity contribution < 1.29 is 20.1 Å². The first-order chi connectivity index (χ1) is 15.7. The van der Waals surface area contributed by atoms with Gasteiger partial charge in [-0.1, -0.05) is 57.4 Å². The van der Waals surface area contributed by atoms with Crippen LogP contribution in [0.4, 0.5) is 0 Å². The number of rotatable bonds is 5. The van der Waals surface area contributed by atoms with E-state index in [0.29, 0.717) is 18.8 Å². The highest BCUT2D eigenvalue weighted by molar-refractivity contribution is 5.71. The molecule has 0 aromatic carbocycles. The number of carbonyl (C=O) groups is 1. The molecule has 34 heavy (non-hydrogen) atoms. The average molecular weight is 473 g/mol. The number of carboxylic acids is 1. The molecular weight excluding hydrogens is 424 g/mol. The van der Waals surface area contributed by atoms with E-state index < -0.39 is 18.0 Å². The van der Waals surface area contributed by atoms with Gasteiger partial charge in [-0.3, -0.25) is 4.79 Å². The Labute approximate surface area is 206 Å². The van der Waals surface area contributed by atoms with E-state index in [-0.39, 0.29) is 33.7 Å². The van der Waals surface area contributed by atoms with Crippen LogP contribution in [0.25, 0.3) is 0 Å². The van der Waals surface area contributed by atoms with Crippen molar-refractivity contribution in [1.82, 2.24) is 0 Å². The molecule has 0 saturated heterocycles. The molecule has 4 rings (SSSR count). The molecular formula is C30H48O4. The van der Waals surface area contributed by atoms with Gasteiger partial charge in [-0.05, 0) is 99.2 Å². The molecule has 3 N–H and O–H groups in total. The molecule has 2 saturated carbocycles. The van der Waals surface area contributed by atoms with Gasteiger partial charge >= 0.3 is 5.97 Å². The molecule has 0 aromatic rings. The minimum Gasteiger partial charge on any atom is -0.481 e. The van der Waals surface area contributed by atoms with Crippen molar-refractivity contribution in [3.8, 4) is 0 Å². The van der Waals surface area contributed by atoms with Crippen molar-refractivity contribution in [2.45, 2.75) is 118 Å². The third kappa shape index (κ3) is 3.57. The van der Waals surface area contributed by atoms with Crippen LogP contribution >= 0.6 is 0 Å². The Morgan fingerprint density at radius 1 is 1.03 bits per heavy atom. The minimum absolute atomic E-state index is 0.0930. The van der Waals surface area contributed by atoms with Gasteiger partial charge in [0.25, 0.3) is 0 Å². The van der Waals surface area contributed by atoms with Crippen LogP contribution in [-0.4, -0.2) is 33.5 Å². The van der Waals surface area contributed by atoms with Gasteiger partial charge in [-0.25, -0.2) is 0 Å². The highest BCUT2D eigenvalue weighted by Crippen LogP contribution is 2.72. The summed E-state index contributed by atoms with van der Waals surface area (Å²) >= 11 is 0. The molecule has 0 heterocycles. The van der Waals surface area contributed by atoms with E-state index in [1.165, 1.54) is 11.1 Å². The Hall–Kier alpha value is -1.13. The van der Waals surface area contributed by atoms with Gasteiger partial charge in [0.2, 0.25) is 0 Å². The maximum Gasteiger partial charge on any atom is 0.306 e. The summed E-state index contributed by atoms with van der Waals surface area (Å²) in [5.41, 5.74) is 3.96. The van der Waals surface area contributed by atoms with Crippen molar-refractivity contribution in [2.24, 2.45) is 39.4 Å². The highest BCUT2D eigenvalue weighted by Gasteiger charge is 2.66. The largest absolute Gasteiger partial charge is 0.481 e. The van der Waals surface area contributed by atoms with Crippen molar-refractivity contribution in [1.29, 1.82) is 0 Å². The zero-order valence-electron chi connectivity index (χ0n) is 22.6. The molecule has 0 aliphatic heterocycles. The van der Waals surface area contributed by atoms with E-state index in [9.17, 15) is 20.1 Å². The first-order valence-corrected chi connectivity index (χ1v) is 13.7. The monoisotopic (exact) mass is 472 g/mol. The number of fused-ring (bicyclic) bond motifs is 4. The lowest BCUT2D eigenvalue weighted by molar-refractivity contribution is -0.149. The molecule has 2 fully saturated rings. The average Bonchev–Trinajstić information content (AvgIpc) is 2.94. The van der Waals surface area contributed by atoms with E-state index in [4.69, 9.17) is 0 Å². The second kappa shape index (κ2) is 8.47. The molecule has 4 aliphatic carbocycles. The summed E-state index contributed by atoms with van der Waals surface area (Å²) in [5.74, 6) is -1.02. The lowest BCUT2D eigenvalue weighted by Crippen LogP contribution is -2.55. The van der Waals surface area contributed by atoms with Gasteiger partial charge in [0.15, 0.2) is 0 Å². The quantitative estimate of drug-likeness (QED) is 0.398. The topological polar surface area (TPSA) is 77.8 Å². The first kappa shape index (κ1) is 25.9. The molecule has 4 nitrogen and oxygen atoms in total. The van der Waals surface area contributed by atoms with Gasteiger partial charge in [0, 0.05) is 5.92 Å². The van der Waals surface area contributed by atoms with Crippen LogP contribution < -0.4 is 0 Å². The number of aliphatic hydroxyl groups is 2. The fourth-order valence-corrected chi connectivity index (χ4v) is 9.50. The fourth-order valence-electron chi connectivity index (χ4n) is 9.50. The first-order valence-electron chi connectivity index (χ1n) is 13.7. The number of aliphatic hydroxyl groups excluding tert-OH is 2. The Morgan fingerprint density at radius 2 is 1.71 bits per heavy atom. The maximum atomic E-state index is 12.5. The SMILES string of the molecule is CC(C)=CCC[C@@H](C(=O)O)[C@H]1[C@H](O)C[C@@]2(C)C3=C(CC[C@]12C)[C@@]1(C)CC[C@H](O)C(C)(C)[C@@H]1CC3. The molecule has 0 bridgehead atoms. The van der Waals surface area contributed by atoms with Gasteiger partial charge in [-0.2, -0.15) is 0 Å². The van der Waals surface area contributed by atoms with Gasteiger partial charge in [0.1, 0.15) is 0 Å². The number of hydrogen-bond acceptors (Lipinski definition) is 3. The van der Waals surface area contributed by atoms with Crippen LogP contribution in [0.2, 0.25) is 0 Å². The molecule has 4 heteroatoms. The summed E-state index contributed by atoms with van der Waals surface area (Å²) in [7, 11) is 0. The van der Waals surface area contributed by atoms with Crippen molar-refractivity contribution in [3.05, 3.63) is 22.8 Å². The van der Waals surface area contributed by atoms with Crippen molar-refractivity contribution in [3.63, 3.8) is 0 Å². The Balaban J connectivity index is 1.73. The lowest BCUT2D eigenvalue weighted by Gasteiger charge is -2.62. The third-order valence-electron chi connectivity index (χ3n) is 11.6. The van der Waals surface area contributed by atoms with Crippen LogP contribution in [0.15, 0.2) is 22.8 Å². The summed E-state index contributed by atoms with van der Waals surface area (Å²) in [6.45, 7) is 15.7. The molecule has 0 aromatic heterocycles. The summed E-state index contributed by atoms with van der Waals surface area (Å²) in [5, 5.41) is 32.5. The molecule has 192 valence electrons. The molecule has 0 radical (unpaired) electrons. The number of carboxylic acid groups (broad SMARTS) is 1. The zero-order valence-corrected chi connectivity index (χ0v) is 22.6. The minimum atomic E-state index is -0.754. The normalized spacial score (nSPS) is 44.0. The fraction of sp³-hybridized carbons (Fsp3) is 0.833. The van der Waals surface area contributed by atoms with Gasteiger partial charge in [0.05, 0.1) is 18.1 Å². The zero-order chi connectivity index (χ0) is 25.3. The van der Waals surface area contributed by atoms with Crippen LogP contribution in [0.5, 0.6) is 0 Å². The predicted molar refractivity (Wildman–Crippen MR) is 136 cm³/mol. The lowest BCUT2D eigenvalue weighted by atomic mass is 9.43. The standard InChI is InChI=1S/C30H48O4/c1-18(2)9-8-10-19(26(33)34)25-22(31)17-30(7)21-11-12-23-27(3,4)24(32)14-15-28(23,5)20(21)13-16-29(25,30)6/h9,19,22-25,31-32H,8,10-17H2,1-7H3,(H,33,34)/t19-,22-,23+,24+,25+,28-,29-,30+/m1/s1. The van der Waals surface area contributed by atoms with Crippen molar-refractivity contribution in [2.75, 3.05) is 0 Å². The summed E-state index contributed by atoms with van der Waals surface area (Å²) in [6.07, 6.45) is 9.24. The number of allylic oxidation sites excluding steroid dienone is 4. The number of hydrogen-bond donors (Lipinski definition) is 3. The second-order valence-corrected chi connectivity index (χ2v) is 13.7. The summed E-state index contributed by atoms with van der Waals surface area (Å²) in [6, 6.07) is 0. The van der Waals surface area contributed by atoms with Gasteiger partial charge in [-0.15, -0.1) is 0 Å². The molecule has 4 aliphatic rings. The molecule has 0 spiro atoms. The Kier molecular flexibility index (Phi) is 6.47. The van der Waals surface area contributed by atoms with Crippen LogP contribution in [-0.2, 0) is 4.79 Å². The molecule has 8 atom stereocenters. The van der Waals surface area contributed by atoms with E-state index in [0.717, 1.165) is 44.9 Å². The Morgan fingerprint density at radius 3 is 2.32 bits per heavy atom. The van der Waals surface area contributed by atoms with E-state index in [1.54, 1.807) is 5.57 Å². The summed E-state index contributed by atoms with van der Waals surface area (Å²) in [4.78, 5) is 12.5. The smallest absolute Gasteiger partial charge is 0.306 e. The predicted octanol–water partition coefficient (Wildman–Crippen LogP) is 6.51. The van der Waals surface area contributed by atoms with E-state index in [2.05, 4.69) is 54.5 Å². The summed E-state index contributed by atoms with van der Waals surface area (Å²) < 4.78 is 0. The molecule has 0 unspecified atom stereocenters. The second-order valence-electron chi connectivity index (χ2n) is 13.7. The van der Waals surface area contributed by atoms with Crippen LogP contribution in [0, 0.1) is 39.4 Å². The van der Waals surface area contributed by atoms with Crippen LogP contribution in [0.3, 0.4) is 0 Å². The van der Waals surface area contributed by atoms with E-state index in [1.807, 2.05) is 0 Å². The van der Waals surface area contributed by atoms with Crippen molar-refractivity contribution >= 4 is 5.97 Å². The number of aliphatic carboxylic acids is 1. The molecule has 0 amide bonds. The highest BCUT2D eigenvalue weighted by atomic mass is 16.4. The van der Waals surface area contributed by atoms with Gasteiger partial charge < -0.3 is 15.3 Å². The van der Waals surface area contributed by atoms with E-state index >= 15 is 0 Å². The maximum absolute atomic E-state index is 12.5. The van der Waals surface area contributed by atoms with Crippen LogP contribution in [0.1, 0.15) is 106 Å².